The van der Waals surface area contributed by atoms with Crippen LogP contribution in [0, 0.1) is 0 Å². The van der Waals surface area contributed by atoms with Crippen molar-refractivity contribution in [3.63, 3.8) is 0 Å². The second-order valence-corrected chi connectivity index (χ2v) is 5.15. The lowest BCUT2D eigenvalue weighted by atomic mass is 9.95. The molecule has 0 unspecified atom stereocenters. The monoisotopic (exact) mass is 255 g/mol. The molecule has 0 spiro atoms. The number of nitrogens with two attached hydrogens (primary N) is 1. The Labute approximate surface area is 104 Å². The van der Waals surface area contributed by atoms with E-state index in [1.165, 1.54) is 42.0 Å². The topological polar surface area (TPSA) is 85.8 Å². The number of rotatable bonds is 4. The van der Waals surface area contributed by atoms with E-state index in [4.69, 9.17) is 5.84 Å². The zero-order valence-corrected chi connectivity index (χ0v) is 10.4. The fraction of sp³-hybridized carbons (Fsp3) is 0.700. The highest BCUT2D eigenvalue weighted by atomic mass is 32.2. The van der Waals surface area contributed by atoms with E-state index in [1.807, 2.05) is 0 Å². The van der Waals surface area contributed by atoms with Gasteiger partial charge in [-0.25, -0.2) is 4.68 Å². The molecular formula is C10H17N5OS. The predicted molar refractivity (Wildman–Crippen MR) is 65.9 cm³/mol. The van der Waals surface area contributed by atoms with Crippen molar-refractivity contribution in [3.8, 4) is 0 Å². The van der Waals surface area contributed by atoms with Crippen molar-refractivity contribution in [2.24, 2.45) is 0 Å². The summed E-state index contributed by atoms with van der Waals surface area (Å²) < 4.78 is 1.32. The highest BCUT2D eigenvalue weighted by Crippen LogP contribution is 2.18. The Morgan fingerprint density at radius 3 is 2.94 bits per heavy atom. The van der Waals surface area contributed by atoms with Gasteiger partial charge in [-0.05, 0) is 12.8 Å². The summed E-state index contributed by atoms with van der Waals surface area (Å²) in [6.07, 6.45) is 7.34. The first-order valence-electron chi connectivity index (χ1n) is 5.83. The molecule has 7 heteroatoms. The minimum Gasteiger partial charge on any atom is -0.353 e. The Kier molecular flexibility index (Phi) is 4.24. The maximum Gasteiger partial charge on any atom is 0.230 e. The molecule has 1 fully saturated rings. The van der Waals surface area contributed by atoms with Crippen LogP contribution < -0.4 is 11.2 Å². The molecule has 94 valence electrons. The zero-order valence-electron chi connectivity index (χ0n) is 9.63. The van der Waals surface area contributed by atoms with Gasteiger partial charge in [0.2, 0.25) is 11.1 Å². The quantitative estimate of drug-likeness (QED) is 0.605. The predicted octanol–water partition coefficient (Wildman–Crippen LogP) is 0.533. The molecule has 1 aliphatic rings. The molecular weight excluding hydrogens is 238 g/mol. The lowest BCUT2D eigenvalue weighted by molar-refractivity contribution is -0.119. The van der Waals surface area contributed by atoms with Crippen molar-refractivity contribution < 1.29 is 4.79 Å². The van der Waals surface area contributed by atoms with Crippen molar-refractivity contribution in [2.75, 3.05) is 11.6 Å². The number of aromatic nitrogens is 3. The van der Waals surface area contributed by atoms with E-state index in [0.717, 1.165) is 12.8 Å². The molecule has 1 aromatic rings. The van der Waals surface area contributed by atoms with Crippen LogP contribution in [0.15, 0.2) is 11.5 Å². The van der Waals surface area contributed by atoms with Crippen molar-refractivity contribution in [1.82, 2.24) is 20.2 Å². The van der Waals surface area contributed by atoms with Crippen molar-refractivity contribution >= 4 is 17.7 Å². The summed E-state index contributed by atoms with van der Waals surface area (Å²) in [6, 6.07) is 0.354. The van der Waals surface area contributed by atoms with E-state index in [9.17, 15) is 4.79 Å². The minimum atomic E-state index is 0.0462. The summed E-state index contributed by atoms with van der Waals surface area (Å²) in [7, 11) is 0. The first kappa shape index (κ1) is 12.2. The molecule has 2 rings (SSSR count). The molecule has 0 saturated heterocycles. The summed E-state index contributed by atoms with van der Waals surface area (Å²) in [5.41, 5.74) is 0. The van der Waals surface area contributed by atoms with Gasteiger partial charge < -0.3 is 11.2 Å². The Balaban J connectivity index is 1.72. The van der Waals surface area contributed by atoms with Crippen LogP contribution in [0.1, 0.15) is 32.1 Å². The second-order valence-electron chi connectivity index (χ2n) is 4.21. The van der Waals surface area contributed by atoms with Crippen LogP contribution in [-0.4, -0.2) is 32.6 Å². The zero-order chi connectivity index (χ0) is 12.1. The van der Waals surface area contributed by atoms with Crippen LogP contribution in [0.3, 0.4) is 0 Å². The first-order valence-corrected chi connectivity index (χ1v) is 6.81. The summed E-state index contributed by atoms with van der Waals surface area (Å²) in [5, 5.41) is 11.1. The standard InChI is InChI=1S/C10H17N5OS/c11-15-7-12-14-10(15)17-6-9(16)13-8-4-2-1-3-5-8/h7-8H,1-6,11H2,(H,13,16). The minimum absolute atomic E-state index is 0.0462. The SMILES string of the molecule is Nn1cnnc1SCC(=O)NC1CCCCC1. The third-order valence-corrected chi connectivity index (χ3v) is 3.80. The number of nitrogens with one attached hydrogen (secondary N) is 1. The number of hydrogen-bond acceptors (Lipinski definition) is 5. The lowest BCUT2D eigenvalue weighted by Gasteiger charge is -2.22. The number of nitrogens with zero attached hydrogens (tertiary/aromatic N) is 3. The van der Waals surface area contributed by atoms with E-state index >= 15 is 0 Å². The molecule has 0 radical (unpaired) electrons. The van der Waals surface area contributed by atoms with Crippen molar-refractivity contribution in [3.05, 3.63) is 6.33 Å². The van der Waals surface area contributed by atoms with Gasteiger partial charge in [-0.3, -0.25) is 4.79 Å². The average Bonchev–Trinajstić information content (AvgIpc) is 2.74. The van der Waals surface area contributed by atoms with Gasteiger partial charge in [-0.1, -0.05) is 31.0 Å². The molecule has 0 aliphatic heterocycles. The number of carbonyl (C=O) groups is 1. The first-order chi connectivity index (χ1) is 8.25. The molecule has 17 heavy (non-hydrogen) atoms. The molecule has 6 nitrogen and oxygen atoms in total. The molecule has 1 aromatic heterocycles. The van der Waals surface area contributed by atoms with Crippen LogP contribution in [0.25, 0.3) is 0 Å². The van der Waals surface area contributed by atoms with E-state index in [-0.39, 0.29) is 5.91 Å². The number of nitrogen functional groups attached to an aromatic ring is 1. The Morgan fingerprint density at radius 1 is 1.53 bits per heavy atom. The Morgan fingerprint density at radius 2 is 2.29 bits per heavy atom. The van der Waals surface area contributed by atoms with E-state index < -0.39 is 0 Å². The molecule has 1 amide bonds. The van der Waals surface area contributed by atoms with E-state index in [2.05, 4.69) is 15.5 Å². The van der Waals surface area contributed by atoms with Crippen LogP contribution in [0.2, 0.25) is 0 Å². The highest BCUT2D eigenvalue weighted by molar-refractivity contribution is 7.99. The van der Waals surface area contributed by atoms with Gasteiger partial charge in [-0.15, -0.1) is 10.2 Å². The van der Waals surface area contributed by atoms with Gasteiger partial charge in [0.1, 0.15) is 6.33 Å². The van der Waals surface area contributed by atoms with Gasteiger partial charge in [0, 0.05) is 6.04 Å². The smallest absolute Gasteiger partial charge is 0.230 e. The maximum atomic E-state index is 11.7. The number of thioether (sulfide) groups is 1. The van der Waals surface area contributed by atoms with Crippen molar-refractivity contribution in [2.45, 2.75) is 43.3 Å². The van der Waals surface area contributed by atoms with Gasteiger partial charge >= 0.3 is 0 Å². The van der Waals surface area contributed by atoms with Gasteiger partial charge in [0.05, 0.1) is 5.75 Å². The molecule has 0 aromatic carbocycles. The highest BCUT2D eigenvalue weighted by Gasteiger charge is 2.16. The van der Waals surface area contributed by atoms with E-state index in [0.29, 0.717) is 17.0 Å². The fourth-order valence-electron chi connectivity index (χ4n) is 1.98. The van der Waals surface area contributed by atoms with Crippen molar-refractivity contribution in [1.29, 1.82) is 0 Å². The Bertz CT molecular complexity index is 375. The number of hydrogen-bond donors (Lipinski definition) is 2. The maximum absolute atomic E-state index is 11.7. The van der Waals surface area contributed by atoms with Crippen LogP contribution in [0.4, 0.5) is 0 Å². The molecule has 1 heterocycles. The number of amides is 1. The molecule has 1 saturated carbocycles. The fourth-order valence-corrected chi connectivity index (χ4v) is 2.63. The average molecular weight is 255 g/mol. The van der Waals surface area contributed by atoms with Crippen LogP contribution in [-0.2, 0) is 4.79 Å². The van der Waals surface area contributed by atoms with Crippen LogP contribution in [0.5, 0.6) is 0 Å². The largest absolute Gasteiger partial charge is 0.353 e. The third kappa shape index (κ3) is 3.62. The third-order valence-electron chi connectivity index (χ3n) is 2.84. The lowest BCUT2D eigenvalue weighted by Crippen LogP contribution is -2.37. The Hall–Kier alpha value is -1.24. The molecule has 0 atom stereocenters. The molecule has 1 aliphatic carbocycles. The van der Waals surface area contributed by atoms with Crippen LogP contribution >= 0.6 is 11.8 Å². The molecule has 0 bridgehead atoms. The van der Waals surface area contributed by atoms with Gasteiger partial charge in [0.25, 0.3) is 0 Å². The second kappa shape index (κ2) is 5.90. The summed E-state index contributed by atoms with van der Waals surface area (Å²) in [5.74, 6) is 5.94. The summed E-state index contributed by atoms with van der Waals surface area (Å²) in [4.78, 5) is 11.7. The normalized spacial score (nSPS) is 16.9. The number of carbonyl (C=O) groups excluding carboxylic acids is 1. The van der Waals surface area contributed by atoms with E-state index in [1.54, 1.807) is 0 Å². The van der Waals surface area contributed by atoms with Gasteiger partial charge in [-0.2, -0.15) is 0 Å². The molecule has 3 N–H and O–H groups in total. The summed E-state index contributed by atoms with van der Waals surface area (Å²) >= 11 is 1.30. The van der Waals surface area contributed by atoms with Gasteiger partial charge in [0.15, 0.2) is 0 Å². The summed E-state index contributed by atoms with van der Waals surface area (Å²) in [6.45, 7) is 0.